The van der Waals surface area contributed by atoms with Crippen LogP contribution in [0.4, 0.5) is 13.2 Å². The number of halogens is 3. The minimum absolute atomic E-state index is 0.0720. The lowest BCUT2D eigenvalue weighted by Crippen LogP contribution is -2.39. The van der Waals surface area contributed by atoms with Crippen LogP contribution in [0.15, 0.2) is 17.3 Å². The Morgan fingerprint density at radius 3 is 2.60 bits per heavy atom. The first kappa shape index (κ1) is 16.9. The molecule has 0 fully saturated rings. The molecule has 116 valence electrons. The smallest absolute Gasteiger partial charge is 0.394 e. The number of hydrogen-bond donors (Lipinski definition) is 1. The van der Waals surface area contributed by atoms with Gasteiger partial charge in [0.05, 0.1) is 19.3 Å². The summed E-state index contributed by atoms with van der Waals surface area (Å²) in [5, 5.41) is 12.4. The van der Waals surface area contributed by atoms with Gasteiger partial charge >= 0.3 is 6.18 Å². The molecule has 0 unspecified atom stereocenters. The van der Waals surface area contributed by atoms with E-state index < -0.39 is 22.7 Å². The van der Waals surface area contributed by atoms with Gasteiger partial charge in [0, 0.05) is 12.7 Å². The molecule has 0 aliphatic carbocycles. The Balaban J connectivity index is 3.02. The molecule has 0 aliphatic heterocycles. The molecule has 0 aromatic carbocycles. The Bertz CT molecular complexity index is 527. The number of nitrogens with zero attached hydrogens (tertiary/aromatic N) is 3. The maximum Gasteiger partial charge on any atom is 0.402 e. The summed E-state index contributed by atoms with van der Waals surface area (Å²) >= 11 is 0. The minimum atomic E-state index is -4.61. The molecule has 6 nitrogen and oxygen atoms in total. The van der Waals surface area contributed by atoms with Crippen molar-refractivity contribution in [1.82, 2.24) is 14.1 Å². The molecule has 0 saturated carbocycles. The van der Waals surface area contributed by atoms with Gasteiger partial charge in [-0.2, -0.15) is 22.6 Å². The zero-order valence-corrected chi connectivity index (χ0v) is 11.7. The zero-order chi connectivity index (χ0) is 15.4. The molecule has 0 radical (unpaired) electrons. The van der Waals surface area contributed by atoms with Crippen LogP contribution < -0.4 is 0 Å². The number of sulfonamides is 1. The van der Waals surface area contributed by atoms with E-state index >= 15 is 0 Å². The van der Waals surface area contributed by atoms with Crippen LogP contribution in [0.1, 0.15) is 13.3 Å². The summed E-state index contributed by atoms with van der Waals surface area (Å²) in [6, 6.07) is 0. The third-order valence-corrected chi connectivity index (χ3v) is 4.20. The van der Waals surface area contributed by atoms with E-state index in [1.165, 1.54) is 0 Å². The number of rotatable bonds is 7. The second kappa shape index (κ2) is 6.55. The SMILES string of the molecule is CCCN(CC(F)(F)F)S(=O)(=O)c1cnn(CCO)c1. The third kappa shape index (κ3) is 4.46. The summed E-state index contributed by atoms with van der Waals surface area (Å²) in [6.45, 7) is -0.347. The highest BCUT2D eigenvalue weighted by molar-refractivity contribution is 7.89. The molecule has 1 aromatic rings. The first-order valence-electron chi connectivity index (χ1n) is 5.91. The maximum atomic E-state index is 12.4. The molecule has 0 spiro atoms. The third-order valence-electron chi connectivity index (χ3n) is 2.41. The Kier molecular flexibility index (Phi) is 5.54. The highest BCUT2D eigenvalue weighted by Crippen LogP contribution is 2.22. The van der Waals surface area contributed by atoms with E-state index in [0.29, 0.717) is 4.31 Å². The predicted octanol–water partition coefficient (Wildman–Crippen LogP) is 0.838. The fourth-order valence-corrected chi connectivity index (χ4v) is 3.06. The van der Waals surface area contributed by atoms with Gasteiger partial charge in [0.2, 0.25) is 10.0 Å². The monoisotopic (exact) mass is 315 g/mol. The van der Waals surface area contributed by atoms with E-state index in [2.05, 4.69) is 5.10 Å². The lowest BCUT2D eigenvalue weighted by atomic mass is 10.5. The average molecular weight is 315 g/mol. The van der Waals surface area contributed by atoms with Crippen molar-refractivity contribution >= 4 is 10.0 Å². The Hall–Kier alpha value is -1.13. The van der Waals surface area contributed by atoms with Crippen molar-refractivity contribution in [3.8, 4) is 0 Å². The van der Waals surface area contributed by atoms with Crippen molar-refractivity contribution in [1.29, 1.82) is 0 Å². The Morgan fingerprint density at radius 2 is 2.10 bits per heavy atom. The van der Waals surface area contributed by atoms with E-state index in [0.717, 1.165) is 17.1 Å². The molecule has 0 amide bonds. The summed E-state index contributed by atoms with van der Waals surface area (Å²) < 4.78 is 63.1. The van der Waals surface area contributed by atoms with E-state index in [1.807, 2.05) is 0 Å². The van der Waals surface area contributed by atoms with Crippen molar-refractivity contribution in [3.05, 3.63) is 12.4 Å². The summed E-state index contributed by atoms with van der Waals surface area (Å²) in [7, 11) is -4.25. The fraction of sp³-hybridized carbons (Fsp3) is 0.700. The second-order valence-electron chi connectivity index (χ2n) is 4.12. The van der Waals surface area contributed by atoms with Gasteiger partial charge in [-0.05, 0) is 6.42 Å². The first-order chi connectivity index (χ1) is 9.20. The number of aliphatic hydroxyl groups is 1. The molecule has 1 heterocycles. The summed E-state index contributed by atoms with van der Waals surface area (Å²) in [4.78, 5) is -0.316. The Morgan fingerprint density at radius 1 is 1.45 bits per heavy atom. The first-order valence-corrected chi connectivity index (χ1v) is 7.35. The van der Waals surface area contributed by atoms with Crippen LogP contribution in [0, 0.1) is 0 Å². The van der Waals surface area contributed by atoms with Crippen LogP contribution in [-0.4, -0.2) is 53.5 Å². The van der Waals surface area contributed by atoms with Crippen molar-refractivity contribution in [2.24, 2.45) is 0 Å². The lowest BCUT2D eigenvalue weighted by Gasteiger charge is -2.21. The van der Waals surface area contributed by atoms with Crippen LogP contribution in [-0.2, 0) is 16.6 Å². The number of aliphatic hydroxyl groups excluding tert-OH is 1. The molecule has 0 aliphatic rings. The van der Waals surface area contributed by atoms with Crippen molar-refractivity contribution in [2.45, 2.75) is 31.0 Å². The highest BCUT2D eigenvalue weighted by atomic mass is 32.2. The van der Waals surface area contributed by atoms with Gasteiger partial charge in [0.15, 0.2) is 0 Å². The molecule has 0 saturated heterocycles. The normalized spacial score (nSPS) is 13.1. The van der Waals surface area contributed by atoms with Crippen LogP contribution in [0.3, 0.4) is 0 Å². The quantitative estimate of drug-likeness (QED) is 0.809. The van der Waals surface area contributed by atoms with Crippen LogP contribution in [0.5, 0.6) is 0 Å². The van der Waals surface area contributed by atoms with Gasteiger partial charge in [0.25, 0.3) is 0 Å². The average Bonchev–Trinajstić information content (AvgIpc) is 2.76. The van der Waals surface area contributed by atoms with Gasteiger partial charge < -0.3 is 5.11 Å². The molecule has 0 bridgehead atoms. The topological polar surface area (TPSA) is 75.4 Å². The minimum Gasteiger partial charge on any atom is -0.394 e. The van der Waals surface area contributed by atoms with Crippen LogP contribution in [0.25, 0.3) is 0 Å². The summed E-state index contributed by atoms with van der Waals surface area (Å²) in [5.74, 6) is 0. The molecule has 20 heavy (non-hydrogen) atoms. The maximum absolute atomic E-state index is 12.4. The largest absolute Gasteiger partial charge is 0.402 e. The van der Waals surface area contributed by atoms with Gasteiger partial charge in [0.1, 0.15) is 11.4 Å². The highest BCUT2D eigenvalue weighted by Gasteiger charge is 2.37. The number of alkyl halides is 3. The van der Waals surface area contributed by atoms with Crippen molar-refractivity contribution in [3.63, 3.8) is 0 Å². The summed E-state index contributed by atoms with van der Waals surface area (Å²) in [5.41, 5.74) is 0. The number of aromatic nitrogens is 2. The fourth-order valence-electron chi connectivity index (χ4n) is 1.59. The molecule has 10 heteroatoms. The summed E-state index contributed by atoms with van der Waals surface area (Å²) in [6.07, 6.45) is -2.27. The van der Waals surface area contributed by atoms with Gasteiger partial charge in [-0.15, -0.1) is 0 Å². The predicted molar refractivity (Wildman–Crippen MR) is 64.4 cm³/mol. The van der Waals surface area contributed by atoms with Gasteiger partial charge in [-0.25, -0.2) is 8.42 Å². The molecule has 1 N–H and O–H groups in total. The zero-order valence-electron chi connectivity index (χ0n) is 10.8. The second-order valence-corrected chi connectivity index (χ2v) is 6.05. The molecule has 1 rings (SSSR count). The molecule has 1 aromatic heterocycles. The molecular weight excluding hydrogens is 299 g/mol. The van der Waals surface area contributed by atoms with Crippen LogP contribution >= 0.6 is 0 Å². The van der Waals surface area contributed by atoms with Crippen molar-refractivity contribution < 1.29 is 26.7 Å². The molecule has 0 atom stereocenters. The van der Waals surface area contributed by atoms with E-state index in [9.17, 15) is 21.6 Å². The van der Waals surface area contributed by atoms with Crippen molar-refractivity contribution in [2.75, 3.05) is 19.7 Å². The van der Waals surface area contributed by atoms with Gasteiger partial charge in [-0.1, -0.05) is 6.92 Å². The Labute approximate surface area is 114 Å². The number of hydrogen-bond acceptors (Lipinski definition) is 4. The lowest BCUT2D eigenvalue weighted by molar-refractivity contribution is -0.136. The van der Waals surface area contributed by atoms with E-state index in [-0.39, 0.29) is 31.0 Å². The standard InChI is InChI=1S/C10H16F3N3O3S/c1-2-3-16(8-10(11,12)13)20(18,19)9-6-14-15(7-9)4-5-17/h6-7,17H,2-5,8H2,1H3. The van der Waals surface area contributed by atoms with E-state index in [4.69, 9.17) is 5.11 Å². The molecular formula is C10H16F3N3O3S. The van der Waals surface area contributed by atoms with E-state index in [1.54, 1.807) is 6.92 Å². The van der Waals surface area contributed by atoms with Crippen LogP contribution in [0.2, 0.25) is 0 Å². The van der Waals surface area contributed by atoms with Gasteiger partial charge in [-0.3, -0.25) is 4.68 Å².